The summed E-state index contributed by atoms with van der Waals surface area (Å²) in [6.07, 6.45) is 4.97. The number of hydrogen-bond acceptors (Lipinski definition) is 6. The van der Waals surface area contributed by atoms with Crippen molar-refractivity contribution in [1.29, 1.82) is 5.26 Å². The zero-order valence-electron chi connectivity index (χ0n) is 13.9. The van der Waals surface area contributed by atoms with Crippen LogP contribution in [0.4, 0.5) is 5.82 Å². The summed E-state index contributed by atoms with van der Waals surface area (Å²) in [6, 6.07) is 4.15. The maximum Gasteiger partial charge on any atom is 0.153 e. The van der Waals surface area contributed by atoms with Gasteiger partial charge in [-0.25, -0.2) is 9.97 Å². The molecule has 2 aromatic heterocycles. The average molecular weight is 324 g/mol. The molecule has 0 spiro atoms. The van der Waals surface area contributed by atoms with E-state index in [1.165, 1.54) is 12.8 Å². The maximum atomic E-state index is 9.54. The van der Waals surface area contributed by atoms with Crippen LogP contribution in [0.3, 0.4) is 0 Å². The first-order valence-electron chi connectivity index (χ1n) is 8.28. The number of nitrogens with zero attached hydrogens (tertiary/aromatic N) is 5. The van der Waals surface area contributed by atoms with Crippen LogP contribution in [0, 0.1) is 18.3 Å². The monoisotopic (exact) mass is 324 g/mol. The van der Waals surface area contributed by atoms with E-state index in [2.05, 4.69) is 26.2 Å². The highest BCUT2D eigenvalue weighted by Gasteiger charge is 2.38. The van der Waals surface area contributed by atoms with E-state index >= 15 is 0 Å². The summed E-state index contributed by atoms with van der Waals surface area (Å²) in [7, 11) is 1.72. The largest absolute Gasteiger partial charge is 0.380 e. The number of nitriles is 1. The van der Waals surface area contributed by atoms with Crippen LogP contribution in [-0.4, -0.2) is 39.9 Å². The van der Waals surface area contributed by atoms with Crippen molar-refractivity contribution in [2.24, 2.45) is 0 Å². The first-order valence-corrected chi connectivity index (χ1v) is 8.28. The molecule has 1 N–H and O–H groups in total. The number of rotatable bonds is 4. The van der Waals surface area contributed by atoms with E-state index in [0.717, 1.165) is 23.6 Å². The quantitative estimate of drug-likeness (QED) is 0.927. The molecule has 7 nitrogen and oxygen atoms in total. The fourth-order valence-electron chi connectivity index (χ4n) is 3.32. The number of aryl methyl sites for hydroxylation is 1. The summed E-state index contributed by atoms with van der Waals surface area (Å²) >= 11 is 0. The van der Waals surface area contributed by atoms with E-state index in [4.69, 9.17) is 9.72 Å². The van der Waals surface area contributed by atoms with Gasteiger partial charge >= 0.3 is 0 Å². The summed E-state index contributed by atoms with van der Waals surface area (Å²) < 4.78 is 5.57. The molecule has 1 saturated carbocycles. The van der Waals surface area contributed by atoms with Gasteiger partial charge < -0.3 is 9.64 Å². The third-order valence-corrected chi connectivity index (χ3v) is 4.90. The van der Waals surface area contributed by atoms with Gasteiger partial charge in [-0.1, -0.05) is 0 Å². The van der Waals surface area contributed by atoms with Crippen LogP contribution in [0.15, 0.2) is 12.3 Å². The molecule has 2 aliphatic rings. The van der Waals surface area contributed by atoms with Crippen LogP contribution in [0.2, 0.25) is 0 Å². The highest BCUT2D eigenvalue weighted by atomic mass is 16.5. The lowest BCUT2D eigenvalue weighted by atomic mass is 10.1. The van der Waals surface area contributed by atoms with E-state index in [-0.39, 0.29) is 12.1 Å². The van der Waals surface area contributed by atoms with Crippen molar-refractivity contribution >= 4 is 5.82 Å². The molecule has 1 aliphatic heterocycles. The summed E-state index contributed by atoms with van der Waals surface area (Å²) in [5.74, 6) is 2.95. The number of hydrogen-bond donors (Lipinski definition) is 1. The molecular weight excluding hydrogens is 304 g/mol. The molecule has 2 aromatic rings. The van der Waals surface area contributed by atoms with Crippen LogP contribution >= 0.6 is 0 Å². The van der Waals surface area contributed by atoms with E-state index < -0.39 is 0 Å². The fraction of sp³-hybridized carbons (Fsp3) is 0.529. The van der Waals surface area contributed by atoms with Crippen LogP contribution in [0.5, 0.6) is 0 Å². The Morgan fingerprint density at radius 2 is 2.25 bits per heavy atom. The van der Waals surface area contributed by atoms with Gasteiger partial charge in [-0.3, -0.25) is 5.10 Å². The average Bonchev–Trinajstić information content (AvgIpc) is 3.17. The van der Waals surface area contributed by atoms with Gasteiger partial charge in [-0.15, -0.1) is 0 Å². The minimum absolute atomic E-state index is 0.00338. The van der Waals surface area contributed by atoms with Gasteiger partial charge in [0.25, 0.3) is 0 Å². The lowest BCUT2D eigenvalue weighted by molar-refractivity contribution is 0.118. The molecule has 0 aromatic carbocycles. The Morgan fingerprint density at radius 1 is 1.42 bits per heavy atom. The van der Waals surface area contributed by atoms with Crippen LogP contribution in [-0.2, 0) is 4.74 Å². The van der Waals surface area contributed by atoms with Gasteiger partial charge in [-0.2, -0.15) is 10.4 Å². The predicted octanol–water partition coefficient (Wildman–Crippen LogP) is 2.22. The second-order valence-electron chi connectivity index (χ2n) is 6.55. The Morgan fingerprint density at radius 3 is 2.96 bits per heavy atom. The molecule has 24 heavy (non-hydrogen) atoms. The topological polar surface area (TPSA) is 90.7 Å². The Balaban J connectivity index is 1.71. The van der Waals surface area contributed by atoms with Gasteiger partial charge in [0.05, 0.1) is 17.7 Å². The standard InChI is InChI=1S/C17H20N6O/c1-10-5-6-19-17(13(10)8-18)23-9-12(24-2)7-14(23)16-20-15(21-22-16)11-3-4-11/h5-6,11-12,14H,3-4,7,9H2,1-2H3,(H,20,21,22)/t12-,14+/m1/s1. The molecule has 4 rings (SSSR count). The van der Waals surface area contributed by atoms with Crippen molar-refractivity contribution in [3.63, 3.8) is 0 Å². The highest BCUT2D eigenvalue weighted by molar-refractivity contribution is 5.58. The van der Waals surface area contributed by atoms with Crippen molar-refractivity contribution in [3.8, 4) is 6.07 Å². The Bertz CT molecular complexity index is 791. The molecule has 2 atom stereocenters. The normalized spacial score (nSPS) is 23.5. The summed E-state index contributed by atoms with van der Waals surface area (Å²) in [5.41, 5.74) is 1.54. The Kier molecular flexibility index (Phi) is 3.69. The van der Waals surface area contributed by atoms with Crippen molar-refractivity contribution in [1.82, 2.24) is 20.2 Å². The molecule has 7 heteroatoms. The van der Waals surface area contributed by atoms with Gasteiger partial charge in [0, 0.05) is 32.2 Å². The first kappa shape index (κ1) is 15.1. The summed E-state index contributed by atoms with van der Waals surface area (Å²) in [6.45, 7) is 2.62. The molecule has 0 bridgehead atoms. The Labute approximate surface area is 140 Å². The number of methoxy groups -OCH3 is 1. The lowest BCUT2D eigenvalue weighted by Gasteiger charge is -2.25. The maximum absolute atomic E-state index is 9.54. The number of pyridine rings is 1. The Hall–Kier alpha value is -2.46. The number of H-pyrrole nitrogens is 1. The third-order valence-electron chi connectivity index (χ3n) is 4.90. The molecule has 0 amide bonds. The molecule has 1 saturated heterocycles. The van der Waals surface area contributed by atoms with E-state index in [1.54, 1.807) is 13.3 Å². The van der Waals surface area contributed by atoms with Crippen LogP contribution in [0.25, 0.3) is 0 Å². The third kappa shape index (κ3) is 2.53. The van der Waals surface area contributed by atoms with Crippen molar-refractivity contribution < 1.29 is 4.74 Å². The minimum Gasteiger partial charge on any atom is -0.380 e. The molecule has 2 fully saturated rings. The summed E-state index contributed by atoms with van der Waals surface area (Å²) in [5, 5.41) is 17.0. The minimum atomic E-state index is -0.00338. The molecule has 124 valence electrons. The zero-order valence-corrected chi connectivity index (χ0v) is 13.9. The SMILES string of the molecule is CO[C@@H]1C[C@@H](c2nc(C3CC3)n[nH]2)N(c2nccc(C)c2C#N)C1. The smallest absolute Gasteiger partial charge is 0.153 e. The second kappa shape index (κ2) is 5.87. The number of anilines is 1. The summed E-state index contributed by atoms with van der Waals surface area (Å²) in [4.78, 5) is 11.3. The molecular formula is C17H20N6O. The highest BCUT2D eigenvalue weighted by Crippen LogP contribution is 2.40. The van der Waals surface area contributed by atoms with E-state index in [0.29, 0.717) is 23.8 Å². The fourth-order valence-corrected chi connectivity index (χ4v) is 3.32. The van der Waals surface area contributed by atoms with Gasteiger partial charge in [0.2, 0.25) is 0 Å². The van der Waals surface area contributed by atoms with Crippen LogP contribution in [0.1, 0.15) is 54.0 Å². The number of ether oxygens (including phenoxy) is 1. The van der Waals surface area contributed by atoms with E-state index in [1.807, 2.05) is 13.0 Å². The van der Waals surface area contributed by atoms with Crippen molar-refractivity contribution in [2.75, 3.05) is 18.6 Å². The van der Waals surface area contributed by atoms with Gasteiger partial charge in [0.1, 0.15) is 17.7 Å². The molecule has 0 radical (unpaired) electrons. The second-order valence-corrected chi connectivity index (χ2v) is 6.55. The van der Waals surface area contributed by atoms with Gasteiger partial charge in [0.15, 0.2) is 5.82 Å². The first-order chi connectivity index (χ1) is 11.7. The zero-order chi connectivity index (χ0) is 16.7. The predicted molar refractivity (Wildman–Crippen MR) is 87.5 cm³/mol. The van der Waals surface area contributed by atoms with Crippen molar-refractivity contribution in [3.05, 3.63) is 35.0 Å². The van der Waals surface area contributed by atoms with Crippen molar-refractivity contribution in [2.45, 2.75) is 44.2 Å². The molecule has 1 aliphatic carbocycles. The molecule has 3 heterocycles. The van der Waals surface area contributed by atoms with E-state index in [9.17, 15) is 5.26 Å². The molecule has 0 unspecified atom stereocenters. The number of aromatic amines is 1. The number of aromatic nitrogens is 4. The number of nitrogens with one attached hydrogen (secondary N) is 1. The van der Waals surface area contributed by atoms with Crippen LogP contribution < -0.4 is 4.90 Å². The van der Waals surface area contributed by atoms with Gasteiger partial charge in [-0.05, 0) is 31.4 Å². The lowest BCUT2D eigenvalue weighted by Crippen LogP contribution is -2.27.